The Morgan fingerprint density at radius 1 is 1.50 bits per heavy atom. The van der Waals surface area contributed by atoms with Gasteiger partial charge in [-0.25, -0.2) is 4.79 Å². The van der Waals surface area contributed by atoms with E-state index < -0.39 is 0 Å². The first-order valence-corrected chi connectivity index (χ1v) is 4.74. The second kappa shape index (κ2) is 6.21. The monoisotopic (exact) mass is 196 g/mol. The van der Waals surface area contributed by atoms with E-state index in [2.05, 4.69) is 17.2 Å². The van der Waals surface area contributed by atoms with Crippen LogP contribution in [0.25, 0.3) is 0 Å². The van der Waals surface area contributed by atoms with Crippen molar-refractivity contribution in [2.24, 2.45) is 0 Å². The van der Waals surface area contributed by atoms with Crippen LogP contribution in [0.1, 0.15) is 12.8 Å². The molecule has 0 atom stereocenters. The Balaban J connectivity index is 2.22. The van der Waals surface area contributed by atoms with Gasteiger partial charge in [0.1, 0.15) is 0 Å². The molecule has 1 saturated heterocycles. The summed E-state index contributed by atoms with van der Waals surface area (Å²) < 4.78 is 5.19. The van der Waals surface area contributed by atoms with Crippen LogP contribution < -0.4 is 10.6 Å². The van der Waals surface area contributed by atoms with Crippen LogP contribution in [0.4, 0.5) is 4.79 Å². The number of carbonyl (C=O) groups excluding carboxylic acids is 1. The first kappa shape index (κ1) is 10.8. The van der Waals surface area contributed by atoms with Crippen LogP contribution in [0, 0.1) is 0 Å². The van der Waals surface area contributed by atoms with Gasteiger partial charge in [-0.15, -0.1) is 6.58 Å². The third-order valence-corrected chi connectivity index (χ3v) is 1.95. The summed E-state index contributed by atoms with van der Waals surface area (Å²) in [5.74, 6) is 0. The van der Waals surface area contributed by atoms with E-state index in [4.69, 9.17) is 4.74 Å². The lowest BCUT2D eigenvalue weighted by atomic mass is 10.1. The van der Waals surface area contributed by atoms with Gasteiger partial charge in [-0.2, -0.15) is 0 Å². The smallest absolute Gasteiger partial charge is 0.319 e. The van der Waals surface area contributed by atoms with Crippen LogP contribution in [0.2, 0.25) is 0 Å². The number of carbonyl (C=O) groups is 1. The van der Waals surface area contributed by atoms with Gasteiger partial charge in [-0.05, 0) is 18.4 Å². The average Bonchev–Trinajstić information content (AvgIpc) is 2.25. The lowest BCUT2D eigenvalue weighted by Crippen LogP contribution is -2.32. The van der Waals surface area contributed by atoms with Gasteiger partial charge in [-0.1, -0.05) is 6.08 Å². The Labute approximate surface area is 84.0 Å². The van der Waals surface area contributed by atoms with Crippen LogP contribution in [-0.2, 0) is 4.74 Å². The lowest BCUT2D eigenvalue weighted by Gasteiger charge is -2.14. The quantitative estimate of drug-likeness (QED) is 0.666. The molecule has 4 heteroatoms. The molecule has 0 aliphatic carbocycles. The van der Waals surface area contributed by atoms with E-state index in [1.54, 1.807) is 12.3 Å². The van der Waals surface area contributed by atoms with Crippen molar-refractivity contribution in [2.45, 2.75) is 12.8 Å². The molecule has 0 spiro atoms. The molecule has 0 unspecified atom stereocenters. The van der Waals surface area contributed by atoms with Gasteiger partial charge in [0.2, 0.25) is 0 Å². The molecule has 1 rings (SSSR count). The molecule has 0 aromatic carbocycles. The molecule has 14 heavy (non-hydrogen) atoms. The minimum atomic E-state index is -0.191. The zero-order valence-corrected chi connectivity index (χ0v) is 8.21. The van der Waals surface area contributed by atoms with Gasteiger partial charge in [0.05, 0.1) is 13.2 Å². The van der Waals surface area contributed by atoms with Crippen LogP contribution in [0.15, 0.2) is 24.4 Å². The summed E-state index contributed by atoms with van der Waals surface area (Å²) in [7, 11) is 0. The number of nitrogens with one attached hydrogen (secondary N) is 2. The summed E-state index contributed by atoms with van der Waals surface area (Å²) in [6.45, 7) is 5.50. The minimum absolute atomic E-state index is 0.191. The average molecular weight is 196 g/mol. The lowest BCUT2D eigenvalue weighted by molar-refractivity contribution is 0.119. The molecule has 0 radical (unpaired) electrons. The largest absolute Gasteiger partial charge is 0.381 e. The molecule has 2 N–H and O–H groups in total. The molecule has 78 valence electrons. The first-order valence-electron chi connectivity index (χ1n) is 4.74. The highest BCUT2D eigenvalue weighted by atomic mass is 16.5. The van der Waals surface area contributed by atoms with E-state index >= 15 is 0 Å². The molecule has 4 nitrogen and oxygen atoms in total. The minimum Gasteiger partial charge on any atom is -0.381 e. The fourth-order valence-corrected chi connectivity index (χ4v) is 1.16. The number of amides is 2. The maximum atomic E-state index is 11.1. The maximum absolute atomic E-state index is 11.1. The summed E-state index contributed by atoms with van der Waals surface area (Å²) in [4.78, 5) is 11.1. The van der Waals surface area contributed by atoms with Gasteiger partial charge in [0, 0.05) is 12.7 Å². The summed E-state index contributed by atoms with van der Waals surface area (Å²) in [6.07, 6.45) is 5.21. The maximum Gasteiger partial charge on any atom is 0.319 e. The molecule has 0 aromatic heterocycles. The summed E-state index contributed by atoms with van der Waals surface area (Å²) in [6, 6.07) is -0.191. The third kappa shape index (κ3) is 4.09. The van der Waals surface area contributed by atoms with Crippen molar-refractivity contribution in [2.75, 3.05) is 19.8 Å². The Kier molecular flexibility index (Phi) is 4.78. The van der Waals surface area contributed by atoms with Crippen LogP contribution in [0.5, 0.6) is 0 Å². The number of urea groups is 1. The van der Waals surface area contributed by atoms with E-state index in [9.17, 15) is 4.79 Å². The van der Waals surface area contributed by atoms with Crippen LogP contribution in [-0.4, -0.2) is 25.8 Å². The van der Waals surface area contributed by atoms with E-state index in [0.29, 0.717) is 6.54 Å². The molecule has 1 fully saturated rings. The van der Waals surface area contributed by atoms with Crippen molar-refractivity contribution in [3.8, 4) is 0 Å². The van der Waals surface area contributed by atoms with Crippen molar-refractivity contribution in [1.29, 1.82) is 0 Å². The number of ether oxygens (including phenoxy) is 1. The fourth-order valence-electron chi connectivity index (χ4n) is 1.16. The van der Waals surface area contributed by atoms with Gasteiger partial charge in [-0.3, -0.25) is 0 Å². The van der Waals surface area contributed by atoms with Crippen molar-refractivity contribution in [3.05, 3.63) is 24.4 Å². The molecule has 0 saturated carbocycles. The predicted molar refractivity (Wildman–Crippen MR) is 54.9 cm³/mol. The zero-order chi connectivity index (χ0) is 10.2. The zero-order valence-electron chi connectivity index (χ0n) is 8.21. The second-order valence-corrected chi connectivity index (χ2v) is 3.06. The third-order valence-electron chi connectivity index (χ3n) is 1.95. The number of hydrogen-bond donors (Lipinski definition) is 2. The molecule has 0 aromatic rings. The highest BCUT2D eigenvalue weighted by Gasteiger charge is 2.05. The van der Waals surface area contributed by atoms with Gasteiger partial charge >= 0.3 is 6.03 Å². The van der Waals surface area contributed by atoms with E-state index in [1.807, 2.05) is 0 Å². The van der Waals surface area contributed by atoms with Crippen LogP contribution >= 0.6 is 0 Å². The topological polar surface area (TPSA) is 50.4 Å². The molecular formula is C10H16N2O2. The van der Waals surface area contributed by atoms with E-state index in [0.717, 1.165) is 26.1 Å². The molecular weight excluding hydrogens is 180 g/mol. The highest BCUT2D eigenvalue weighted by Crippen LogP contribution is 2.11. The molecule has 1 heterocycles. The molecule has 2 amide bonds. The van der Waals surface area contributed by atoms with E-state index in [-0.39, 0.29) is 6.03 Å². The van der Waals surface area contributed by atoms with Crippen molar-refractivity contribution in [3.63, 3.8) is 0 Å². The molecule has 1 aliphatic rings. The van der Waals surface area contributed by atoms with Crippen molar-refractivity contribution < 1.29 is 9.53 Å². The van der Waals surface area contributed by atoms with Gasteiger partial charge < -0.3 is 15.4 Å². The first-order chi connectivity index (χ1) is 6.83. The SMILES string of the molecule is C=CCNC(=O)NC=C1CCOCC1. The highest BCUT2D eigenvalue weighted by molar-refractivity contribution is 5.75. The Morgan fingerprint density at radius 2 is 2.21 bits per heavy atom. The predicted octanol–water partition coefficient (Wildman–Crippen LogP) is 1.17. The van der Waals surface area contributed by atoms with Crippen molar-refractivity contribution in [1.82, 2.24) is 10.6 Å². The van der Waals surface area contributed by atoms with Gasteiger partial charge in [0.25, 0.3) is 0 Å². The molecule has 1 aliphatic heterocycles. The Bertz CT molecular complexity index is 228. The van der Waals surface area contributed by atoms with Crippen molar-refractivity contribution >= 4 is 6.03 Å². The van der Waals surface area contributed by atoms with Crippen LogP contribution in [0.3, 0.4) is 0 Å². The normalized spacial score (nSPS) is 15.9. The standard InChI is InChI=1S/C10H16N2O2/c1-2-5-11-10(13)12-8-9-3-6-14-7-4-9/h2,8H,1,3-7H2,(H2,11,12,13). The number of rotatable bonds is 3. The van der Waals surface area contributed by atoms with Gasteiger partial charge in [0.15, 0.2) is 0 Å². The summed E-state index contributed by atoms with van der Waals surface area (Å²) in [5.41, 5.74) is 1.23. The summed E-state index contributed by atoms with van der Waals surface area (Å²) in [5, 5.41) is 5.30. The van der Waals surface area contributed by atoms with E-state index in [1.165, 1.54) is 5.57 Å². The second-order valence-electron chi connectivity index (χ2n) is 3.06. The number of hydrogen-bond acceptors (Lipinski definition) is 2. The Morgan fingerprint density at radius 3 is 2.86 bits per heavy atom. The summed E-state index contributed by atoms with van der Waals surface area (Å²) >= 11 is 0. The molecule has 0 bridgehead atoms. The Hall–Kier alpha value is -1.29. The fraction of sp³-hybridized carbons (Fsp3) is 0.500.